The highest BCUT2D eigenvalue weighted by molar-refractivity contribution is 5.12. The summed E-state index contributed by atoms with van der Waals surface area (Å²) in [7, 11) is 0. The Morgan fingerprint density at radius 2 is 1.93 bits per heavy atom. The molecule has 2 nitrogen and oxygen atoms in total. The number of hydrogen-bond acceptors (Lipinski definition) is 2. The van der Waals surface area contributed by atoms with E-state index in [1.54, 1.807) is 12.5 Å². The van der Waals surface area contributed by atoms with E-state index in [1.165, 1.54) is 38.5 Å². The van der Waals surface area contributed by atoms with Gasteiger partial charge in [-0.2, -0.15) is 0 Å². The molecule has 78 valence electrons. The second-order valence-electron chi connectivity index (χ2n) is 4.33. The zero-order valence-electron chi connectivity index (χ0n) is 8.61. The van der Waals surface area contributed by atoms with Crippen molar-refractivity contribution >= 4 is 0 Å². The minimum atomic E-state index is 0.187. The van der Waals surface area contributed by atoms with Crippen molar-refractivity contribution in [2.45, 2.75) is 44.6 Å². The second kappa shape index (κ2) is 4.65. The van der Waals surface area contributed by atoms with E-state index in [2.05, 4.69) is 0 Å². The van der Waals surface area contributed by atoms with E-state index in [0.717, 1.165) is 5.56 Å². The minimum Gasteiger partial charge on any atom is -0.472 e. The number of furan rings is 1. The van der Waals surface area contributed by atoms with Crippen LogP contribution in [-0.4, -0.2) is 0 Å². The van der Waals surface area contributed by atoms with Crippen molar-refractivity contribution in [2.75, 3.05) is 0 Å². The predicted octanol–water partition coefficient (Wildman–Crippen LogP) is 3.25. The van der Waals surface area contributed by atoms with E-state index in [0.29, 0.717) is 5.92 Å². The van der Waals surface area contributed by atoms with Crippen LogP contribution in [-0.2, 0) is 0 Å². The van der Waals surface area contributed by atoms with Crippen LogP contribution in [0.3, 0.4) is 0 Å². The van der Waals surface area contributed by atoms with E-state index < -0.39 is 0 Å². The fourth-order valence-corrected chi connectivity index (χ4v) is 2.41. The highest BCUT2D eigenvalue weighted by atomic mass is 16.3. The topological polar surface area (TPSA) is 39.2 Å². The van der Waals surface area contributed by atoms with Crippen LogP contribution >= 0.6 is 0 Å². The third kappa shape index (κ3) is 2.18. The maximum absolute atomic E-state index is 6.22. The van der Waals surface area contributed by atoms with Crippen LogP contribution in [0.1, 0.15) is 50.1 Å². The van der Waals surface area contributed by atoms with Gasteiger partial charge in [-0.1, -0.05) is 25.7 Å². The summed E-state index contributed by atoms with van der Waals surface area (Å²) in [4.78, 5) is 0. The van der Waals surface area contributed by atoms with Gasteiger partial charge in [0.2, 0.25) is 0 Å². The van der Waals surface area contributed by atoms with Crippen molar-refractivity contribution in [3.63, 3.8) is 0 Å². The lowest BCUT2D eigenvalue weighted by Crippen LogP contribution is -2.20. The van der Waals surface area contributed by atoms with Crippen LogP contribution in [0.2, 0.25) is 0 Å². The molecule has 0 amide bonds. The van der Waals surface area contributed by atoms with Crippen molar-refractivity contribution in [3.8, 4) is 0 Å². The molecule has 0 spiro atoms. The molecular weight excluding hydrogens is 174 g/mol. The molecule has 1 fully saturated rings. The van der Waals surface area contributed by atoms with Gasteiger partial charge in [0.05, 0.1) is 12.5 Å². The molecular formula is C12H19NO. The molecule has 1 saturated carbocycles. The summed E-state index contributed by atoms with van der Waals surface area (Å²) < 4.78 is 5.08. The second-order valence-corrected chi connectivity index (χ2v) is 4.33. The van der Waals surface area contributed by atoms with Crippen LogP contribution in [0.25, 0.3) is 0 Å². The molecule has 14 heavy (non-hydrogen) atoms. The van der Waals surface area contributed by atoms with Gasteiger partial charge >= 0.3 is 0 Å². The molecule has 2 rings (SSSR count). The van der Waals surface area contributed by atoms with Gasteiger partial charge in [0.25, 0.3) is 0 Å². The summed E-state index contributed by atoms with van der Waals surface area (Å²) in [5, 5.41) is 0. The summed E-state index contributed by atoms with van der Waals surface area (Å²) in [5.74, 6) is 0.662. The van der Waals surface area contributed by atoms with Crippen molar-refractivity contribution in [1.82, 2.24) is 0 Å². The molecule has 1 atom stereocenters. The lowest BCUT2D eigenvalue weighted by atomic mass is 9.89. The van der Waals surface area contributed by atoms with Crippen molar-refractivity contribution in [3.05, 3.63) is 24.2 Å². The molecule has 1 aromatic rings. The molecule has 0 bridgehead atoms. The smallest absolute Gasteiger partial charge is 0.0950 e. The largest absolute Gasteiger partial charge is 0.472 e. The summed E-state index contributed by atoms with van der Waals surface area (Å²) >= 11 is 0. The number of rotatable bonds is 2. The Labute approximate surface area is 85.5 Å². The molecule has 1 heterocycles. The fraction of sp³-hybridized carbons (Fsp3) is 0.667. The summed E-state index contributed by atoms with van der Waals surface area (Å²) in [6.07, 6.45) is 11.5. The van der Waals surface area contributed by atoms with Crippen molar-refractivity contribution < 1.29 is 4.42 Å². The van der Waals surface area contributed by atoms with Gasteiger partial charge in [-0.05, 0) is 24.8 Å². The summed E-state index contributed by atoms with van der Waals surface area (Å²) in [5.41, 5.74) is 7.39. The Kier molecular flexibility index (Phi) is 3.25. The SMILES string of the molecule is NC(c1ccoc1)C1CCCCCC1. The van der Waals surface area contributed by atoms with Gasteiger partial charge in [0, 0.05) is 11.6 Å². The average Bonchev–Trinajstić information content (AvgIpc) is 2.59. The monoisotopic (exact) mass is 193 g/mol. The zero-order valence-corrected chi connectivity index (χ0v) is 8.61. The predicted molar refractivity (Wildman–Crippen MR) is 56.8 cm³/mol. The van der Waals surface area contributed by atoms with Crippen molar-refractivity contribution in [1.29, 1.82) is 0 Å². The standard InChI is InChI=1S/C12H19NO/c13-12(11-7-8-14-9-11)10-5-3-1-2-4-6-10/h7-10,12H,1-6,13H2. The Bertz CT molecular complexity index is 247. The van der Waals surface area contributed by atoms with Crippen molar-refractivity contribution in [2.24, 2.45) is 11.7 Å². The average molecular weight is 193 g/mol. The fourth-order valence-electron chi connectivity index (χ4n) is 2.41. The minimum absolute atomic E-state index is 0.187. The molecule has 1 aliphatic rings. The van der Waals surface area contributed by atoms with Crippen LogP contribution in [0, 0.1) is 5.92 Å². The number of nitrogens with two attached hydrogens (primary N) is 1. The lowest BCUT2D eigenvalue weighted by molar-refractivity contribution is 0.380. The Balaban J connectivity index is 1.99. The van der Waals surface area contributed by atoms with E-state index >= 15 is 0 Å². The maximum Gasteiger partial charge on any atom is 0.0950 e. The van der Waals surface area contributed by atoms with Gasteiger partial charge in [-0.3, -0.25) is 0 Å². The Morgan fingerprint density at radius 1 is 1.21 bits per heavy atom. The molecule has 1 aromatic heterocycles. The van der Waals surface area contributed by atoms with Crippen LogP contribution in [0.4, 0.5) is 0 Å². The van der Waals surface area contributed by atoms with Crippen LogP contribution < -0.4 is 5.73 Å². The molecule has 0 aliphatic heterocycles. The van der Waals surface area contributed by atoms with E-state index in [-0.39, 0.29) is 6.04 Å². The van der Waals surface area contributed by atoms with Gasteiger partial charge < -0.3 is 10.2 Å². The van der Waals surface area contributed by atoms with E-state index in [9.17, 15) is 0 Å². The van der Waals surface area contributed by atoms with E-state index in [1.807, 2.05) is 6.07 Å². The van der Waals surface area contributed by atoms with Gasteiger partial charge in [-0.15, -0.1) is 0 Å². The third-order valence-electron chi connectivity index (χ3n) is 3.34. The quantitative estimate of drug-likeness (QED) is 0.732. The molecule has 0 saturated heterocycles. The molecule has 0 aromatic carbocycles. The molecule has 2 N–H and O–H groups in total. The van der Waals surface area contributed by atoms with Crippen LogP contribution in [0.5, 0.6) is 0 Å². The first-order valence-electron chi connectivity index (χ1n) is 5.65. The maximum atomic E-state index is 6.22. The van der Waals surface area contributed by atoms with Gasteiger partial charge in [0.1, 0.15) is 0 Å². The molecule has 1 aliphatic carbocycles. The molecule has 0 radical (unpaired) electrons. The Hall–Kier alpha value is -0.760. The first kappa shape index (κ1) is 9.78. The van der Waals surface area contributed by atoms with E-state index in [4.69, 9.17) is 10.2 Å². The van der Waals surface area contributed by atoms with Gasteiger partial charge in [0.15, 0.2) is 0 Å². The lowest BCUT2D eigenvalue weighted by Gasteiger charge is -2.20. The normalized spacial score (nSPS) is 21.8. The summed E-state index contributed by atoms with van der Waals surface area (Å²) in [6.45, 7) is 0. The highest BCUT2D eigenvalue weighted by Crippen LogP contribution is 2.31. The van der Waals surface area contributed by atoms with Crippen LogP contribution in [0.15, 0.2) is 23.0 Å². The molecule has 1 unspecified atom stereocenters. The first-order valence-corrected chi connectivity index (χ1v) is 5.65. The molecule has 2 heteroatoms. The Morgan fingerprint density at radius 3 is 2.50 bits per heavy atom. The number of hydrogen-bond donors (Lipinski definition) is 1. The highest BCUT2D eigenvalue weighted by Gasteiger charge is 2.21. The summed E-state index contributed by atoms with van der Waals surface area (Å²) in [6, 6.07) is 2.18. The zero-order chi connectivity index (χ0) is 9.80. The first-order chi connectivity index (χ1) is 6.88. The third-order valence-corrected chi connectivity index (χ3v) is 3.34. The van der Waals surface area contributed by atoms with Gasteiger partial charge in [-0.25, -0.2) is 0 Å².